The smallest absolute Gasteiger partial charge is 0.232 e. The molecule has 0 unspecified atom stereocenters. The van der Waals surface area contributed by atoms with Crippen LogP contribution in [0.15, 0.2) is 16.7 Å². The molecule has 0 aliphatic rings. The van der Waals surface area contributed by atoms with Crippen LogP contribution in [0.2, 0.25) is 0 Å². The van der Waals surface area contributed by atoms with Crippen molar-refractivity contribution in [1.29, 1.82) is 0 Å². The van der Waals surface area contributed by atoms with Crippen LogP contribution in [-0.2, 0) is 11.2 Å². The number of amides is 1. The molecule has 132 valence electrons. The summed E-state index contributed by atoms with van der Waals surface area (Å²) in [6.07, 6.45) is 2.18. The Morgan fingerprint density at radius 3 is 2.72 bits per heavy atom. The summed E-state index contributed by atoms with van der Waals surface area (Å²) < 4.78 is 5.40. The number of hydrogen-bond donors (Lipinski definition) is 1. The van der Waals surface area contributed by atoms with Crippen molar-refractivity contribution in [1.82, 2.24) is 15.4 Å². The van der Waals surface area contributed by atoms with E-state index in [1.165, 1.54) is 11.3 Å². The Bertz CT molecular complexity index is 896. The van der Waals surface area contributed by atoms with Gasteiger partial charge in [0.1, 0.15) is 10.7 Å². The Labute approximate surface area is 150 Å². The van der Waals surface area contributed by atoms with Gasteiger partial charge in [0.2, 0.25) is 11.0 Å². The van der Waals surface area contributed by atoms with Gasteiger partial charge in [0.15, 0.2) is 5.58 Å². The van der Waals surface area contributed by atoms with Crippen molar-refractivity contribution in [3.05, 3.63) is 34.0 Å². The van der Waals surface area contributed by atoms with E-state index in [0.717, 1.165) is 39.9 Å². The van der Waals surface area contributed by atoms with Crippen molar-refractivity contribution in [3.8, 4) is 0 Å². The fraction of sp³-hybridized carbons (Fsp3) is 0.444. The van der Waals surface area contributed by atoms with Crippen LogP contribution in [0, 0.1) is 13.8 Å². The zero-order valence-corrected chi connectivity index (χ0v) is 15.7. The first-order chi connectivity index (χ1) is 12.0. The number of aromatic nitrogens is 3. The highest BCUT2D eigenvalue weighted by atomic mass is 32.1. The molecule has 3 aromatic rings. The summed E-state index contributed by atoms with van der Waals surface area (Å²) in [6.45, 7) is 8.26. The summed E-state index contributed by atoms with van der Waals surface area (Å²) in [6, 6.07) is 4.04. The van der Waals surface area contributed by atoms with Gasteiger partial charge in [0.05, 0.1) is 6.42 Å². The van der Waals surface area contributed by atoms with E-state index in [9.17, 15) is 4.79 Å². The molecule has 0 atom stereocenters. The first-order valence-electron chi connectivity index (χ1n) is 8.50. The van der Waals surface area contributed by atoms with Gasteiger partial charge in [0, 0.05) is 11.3 Å². The lowest BCUT2D eigenvalue weighted by atomic mass is 10.1. The summed E-state index contributed by atoms with van der Waals surface area (Å²) in [4.78, 5) is 12.4. The van der Waals surface area contributed by atoms with E-state index >= 15 is 0 Å². The lowest BCUT2D eigenvalue weighted by Gasteiger charge is -2.05. The molecular formula is C18H22N4O2S. The molecule has 1 N–H and O–H groups in total. The molecule has 0 aliphatic carbocycles. The third kappa shape index (κ3) is 3.71. The first kappa shape index (κ1) is 17.5. The third-order valence-electron chi connectivity index (χ3n) is 4.33. The second kappa shape index (κ2) is 7.31. The Balaban J connectivity index is 1.73. The minimum Gasteiger partial charge on any atom is -0.356 e. The van der Waals surface area contributed by atoms with E-state index in [1.807, 2.05) is 26.0 Å². The van der Waals surface area contributed by atoms with Gasteiger partial charge in [-0.3, -0.25) is 4.79 Å². The minimum absolute atomic E-state index is 0.149. The van der Waals surface area contributed by atoms with Gasteiger partial charge in [0.25, 0.3) is 0 Å². The standard InChI is InChI=1S/C18H22N4O2S/c1-5-12(6-2)17-20-21-18(25-17)19-15(23)9-14-13-8-10(3)7-11(4)16(13)24-22-14/h7-8,12H,5-6,9H2,1-4H3,(H,19,21,23). The average Bonchev–Trinajstić information content (AvgIpc) is 3.17. The number of carbonyl (C=O) groups is 1. The quantitative estimate of drug-likeness (QED) is 0.707. The molecule has 1 aromatic carbocycles. The predicted molar refractivity (Wildman–Crippen MR) is 99.0 cm³/mol. The molecule has 3 rings (SSSR count). The van der Waals surface area contributed by atoms with Crippen molar-refractivity contribution >= 4 is 33.3 Å². The van der Waals surface area contributed by atoms with Crippen LogP contribution >= 0.6 is 11.3 Å². The molecule has 0 radical (unpaired) electrons. The minimum atomic E-state index is -0.165. The maximum Gasteiger partial charge on any atom is 0.232 e. The number of nitrogens with zero attached hydrogens (tertiary/aromatic N) is 3. The third-order valence-corrected chi connectivity index (χ3v) is 5.33. The Morgan fingerprint density at radius 2 is 2.00 bits per heavy atom. The van der Waals surface area contributed by atoms with Crippen LogP contribution in [0.3, 0.4) is 0 Å². The van der Waals surface area contributed by atoms with E-state index in [-0.39, 0.29) is 12.3 Å². The van der Waals surface area contributed by atoms with Gasteiger partial charge in [-0.1, -0.05) is 36.4 Å². The molecule has 0 aliphatic heterocycles. The first-order valence-corrected chi connectivity index (χ1v) is 9.32. The van der Waals surface area contributed by atoms with Gasteiger partial charge in [-0.05, 0) is 43.9 Å². The summed E-state index contributed by atoms with van der Waals surface area (Å²) >= 11 is 1.44. The molecule has 6 nitrogen and oxygen atoms in total. The van der Waals surface area contributed by atoms with Crippen LogP contribution < -0.4 is 5.32 Å². The predicted octanol–water partition coefficient (Wildman–Crippen LogP) is 4.38. The van der Waals surface area contributed by atoms with Crippen LogP contribution in [0.1, 0.15) is 54.4 Å². The van der Waals surface area contributed by atoms with E-state index in [1.54, 1.807) is 0 Å². The molecule has 0 bridgehead atoms. The number of anilines is 1. The fourth-order valence-corrected chi connectivity index (χ4v) is 4.00. The molecule has 2 heterocycles. The SMILES string of the molecule is CCC(CC)c1nnc(NC(=O)Cc2noc3c(C)cc(C)cc23)s1. The number of benzene rings is 1. The number of fused-ring (bicyclic) bond motifs is 1. The summed E-state index contributed by atoms with van der Waals surface area (Å²) in [5.41, 5.74) is 3.52. The molecule has 0 saturated heterocycles. The largest absolute Gasteiger partial charge is 0.356 e. The van der Waals surface area contributed by atoms with Crippen molar-refractivity contribution in [2.45, 2.75) is 52.9 Å². The van der Waals surface area contributed by atoms with Crippen LogP contribution in [0.4, 0.5) is 5.13 Å². The van der Waals surface area contributed by atoms with Crippen molar-refractivity contribution in [3.63, 3.8) is 0 Å². The number of carbonyl (C=O) groups excluding carboxylic acids is 1. The molecule has 0 saturated carbocycles. The van der Waals surface area contributed by atoms with Gasteiger partial charge in [-0.2, -0.15) is 0 Å². The highest BCUT2D eigenvalue weighted by Crippen LogP contribution is 2.28. The van der Waals surface area contributed by atoms with Crippen molar-refractivity contribution in [2.24, 2.45) is 0 Å². The number of rotatable bonds is 6. The zero-order chi connectivity index (χ0) is 18.0. The second-order valence-electron chi connectivity index (χ2n) is 6.27. The van der Waals surface area contributed by atoms with E-state index < -0.39 is 0 Å². The topological polar surface area (TPSA) is 80.9 Å². The number of nitrogens with one attached hydrogen (secondary N) is 1. The molecule has 0 fully saturated rings. The van der Waals surface area contributed by atoms with Gasteiger partial charge >= 0.3 is 0 Å². The molecule has 25 heavy (non-hydrogen) atoms. The maximum absolute atomic E-state index is 12.4. The van der Waals surface area contributed by atoms with E-state index in [4.69, 9.17) is 4.52 Å². The van der Waals surface area contributed by atoms with E-state index in [2.05, 4.69) is 34.5 Å². The van der Waals surface area contributed by atoms with E-state index in [0.29, 0.717) is 16.7 Å². The summed E-state index contributed by atoms with van der Waals surface area (Å²) in [5, 5.41) is 17.6. The van der Waals surface area contributed by atoms with Crippen molar-refractivity contribution < 1.29 is 9.32 Å². The average molecular weight is 358 g/mol. The highest BCUT2D eigenvalue weighted by molar-refractivity contribution is 7.15. The van der Waals surface area contributed by atoms with Crippen molar-refractivity contribution in [2.75, 3.05) is 5.32 Å². The van der Waals surface area contributed by atoms with Crippen LogP contribution in [-0.4, -0.2) is 21.3 Å². The monoisotopic (exact) mass is 358 g/mol. The number of aryl methyl sites for hydroxylation is 2. The van der Waals surface area contributed by atoms with Gasteiger partial charge in [-0.15, -0.1) is 10.2 Å². The summed E-state index contributed by atoms with van der Waals surface area (Å²) in [5.74, 6) is 0.232. The van der Waals surface area contributed by atoms with Crippen LogP contribution in [0.25, 0.3) is 11.0 Å². The summed E-state index contributed by atoms with van der Waals surface area (Å²) in [7, 11) is 0. The highest BCUT2D eigenvalue weighted by Gasteiger charge is 2.17. The molecule has 2 aromatic heterocycles. The zero-order valence-electron chi connectivity index (χ0n) is 14.9. The second-order valence-corrected chi connectivity index (χ2v) is 7.28. The fourth-order valence-electron chi connectivity index (χ4n) is 2.97. The Kier molecular flexibility index (Phi) is 5.13. The number of hydrogen-bond acceptors (Lipinski definition) is 6. The lowest BCUT2D eigenvalue weighted by Crippen LogP contribution is -2.14. The Hall–Kier alpha value is -2.28. The molecular weight excluding hydrogens is 336 g/mol. The lowest BCUT2D eigenvalue weighted by molar-refractivity contribution is -0.115. The molecule has 0 spiro atoms. The van der Waals surface area contributed by atoms with Gasteiger partial charge in [-0.25, -0.2) is 0 Å². The maximum atomic E-state index is 12.4. The van der Waals surface area contributed by atoms with Gasteiger partial charge < -0.3 is 9.84 Å². The molecule has 7 heteroatoms. The molecule has 1 amide bonds. The van der Waals surface area contributed by atoms with Crippen LogP contribution in [0.5, 0.6) is 0 Å². The Morgan fingerprint density at radius 1 is 1.24 bits per heavy atom. The normalized spacial score (nSPS) is 11.4.